The van der Waals surface area contributed by atoms with E-state index in [-0.39, 0.29) is 0 Å². The van der Waals surface area contributed by atoms with Gasteiger partial charge in [-0.1, -0.05) is 48.2 Å². The molecule has 1 N–H and O–H groups in total. The minimum absolute atomic E-state index is 0.603. The molecule has 2 aliphatic rings. The van der Waals surface area contributed by atoms with Gasteiger partial charge in [-0.3, -0.25) is 0 Å². The van der Waals surface area contributed by atoms with Gasteiger partial charge >= 0.3 is 0 Å². The topological polar surface area (TPSA) is 12.0 Å². The smallest absolute Gasteiger partial charge is 0.0552 e. The van der Waals surface area contributed by atoms with Crippen LogP contribution in [0.15, 0.2) is 22.2 Å². The molecule has 3 heteroatoms. The fourth-order valence-electron chi connectivity index (χ4n) is 2.71. The van der Waals surface area contributed by atoms with Crippen LogP contribution in [-0.2, 0) is 0 Å². The van der Waals surface area contributed by atoms with E-state index in [1.807, 2.05) is 0 Å². The Morgan fingerprint density at radius 1 is 1.18 bits per heavy atom. The molecule has 96 valence electrons. The third-order valence-corrected chi connectivity index (χ3v) is 4.59. The molecule has 0 radical (unpaired) electrons. The van der Waals surface area contributed by atoms with Gasteiger partial charge in [0.05, 0.1) is 10.1 Å². The number of rotatable bonds is 5. The molecule has 0 saturated carbocycles. The maximum Gasteiger partial charge on any atom is 0.0552 e. The first-order valence-electron chi connectivity index (χ1n) is 6.70. The minimum atomic E-state index is 0.603. The van der Waals surface area contributed by atoms with Crippen LogP contribution in [0.4, 0.5) is 0 Å². The van der Waals surface area contributed by atoms with Crippen LogP contribution in [0.2, 0.25) is 0 Å². The Hall–Kier alpha value is 0.0200. The molecule has 1 nitrogen and oxygen atoms in total. The van der Waals surface area contributed by atoms with Gasteiger partial charge in [-0.25, -0.2) is 0 Å². The first kappa shape index (κ1) is 13.5. The van der Waals surface area contributed by atoms with Gasteiger partial charge in [0.25, 0.3) is 0 Å². The molecule has 0 bridgehead atoms. The lowest BCUT2D eigenvalue weighted by molar-refractivity contribution is 0.465. The first-order chi connectivity index (χ1) is 8.25. The second-order valence-electron chi connectivity index (χ2n) is 5.21. The largest absolute Gasteiger partial charge is 0.316 e. The van der Waals surface area contributed by atoms with Gasteiger partial charge in [0.1, 0.15) is 0 Å². The number of unbranched alkanes of at least 4 members (excludes halogenated alkanes) is 1. The predicted octanol–water partition coefficient (Wildman–Crippen LogP) is 4.42. The van der Waals surface area contributed by atoms with Crippen molar-refractivity contribution in [3.63, 3.8) is 0 Å². The van der Waals surface area contributed by atoms with Crippen molar-refractivity contribution in [3.05, 3.63) is 22.2 Å². The second kappa shape index (κ2) is 6.82. The molecule has 0 aromatic carbocycles. The van der Waals surface area contributed by atoms with Gasteiger partial charge in [-0.15, -0.1) is 0 Å². The average Bonchev–Trinajstić information content (AvgIpc) is 2.82. The highest BCUT2D eigenvalue weighted by Gasteiger charge is 2.15. The highest BCUT2D eigenvalue weighted by atomic mass is 35.5. The standard InChI is InChI=1S/C14H21Cl2N/c15-13-6-5-11(9-14(13)16)3-1-2-4-12-7-8-17-10-12/h6,9,11-12,17H,1-5,7-8,10H2/t11?,12-/m1/s1. The Kier molecular flexibility index (Phi) is 5.40. The van der Waals surface area contributed by atoms with Gasteiger partial charge in [0, 0.05) is 0 Å². The molecule has 1 aliphatic heterocycles. The number of halogens is 2. The van der Waals surface area contributed by atoms with E-state index in [0.717, 1.165) is 22.4 Å². The van der Waals surface area contributed by atoms with E-state index >= 15 is 0 Å². The van der Waals surface area contributed by atoms with Crippen LogP contribution in [0.25, 0.3) is 0 Å². The second-order valence-corrected chi connectivity index (χ2v) is 6.02. The van der Waals surface area contributed by atoms with Crippen LogP contribution in [-0.4, -0.2) is 13.1 Å². The lowest BCUT2D eigenvalue weighted by Crippen LogP contribution is -2.09. The van der Waals surface area contributed by atoms with Crippen LogP contribution in [0.5, 0.6) is 0 Å². The predicted molar refractivity (Wildman–Crippen MR) is 75.4 cm³/mol. The van der Waals surface area contributed by atoms with Crippen molar-refractivity contribution in [1.82, 2.24) is 5.32 Å². The van der Waals surface area contributed by atoms with Crippen LogP contribution in [0.3, 0.4) is 0 Å². The Bertz CT molecular complexity index is 303. The maximum absolute atomic E-state index is 6.03. The molecule has 0 aromatic heterocycles. The summed E-state index contributed by atoms with van der Waals surface area (Å²) in [6.45, 7) is 2.45. The van der Waals surface area contributed by atoms with Gasteiger partial charge in [-0.2, -0.15) is 0 Å². The van der Waals surface area contributed by atoms with Crippen molar-refractivity contribution in [3.8, 4) is 0 Å². The van der Waals surface area contributed by atoms with E-state index in [1.54, 1.807) is 0 Å². The number of nitrogens with one attached hydrogen (secondary N) is 1. The van der Waals surface area contributed by atoms with Crippen molar-refractivity contribution in [2.24, 2.45) is 11.8 Å². The number of hydrogen-bond acceptors (Lipinski definition) is 1. The first-order valence-corrected chi connectivity index (χ1v) is 7.45. The lowest BCUT2D eigenvalue weighted by Gasteiger charge is -2.16. The highest BCUT2D eigenvalue weighted by Crippen LogP contribution is 2.31. The summed E-state index contributed by atoms with van der Waals surface area (Å²) in [6, 6.07) is 0. The van der Waals surface area contributed by atoms with Crippen LogP contribution < -0.4 is 5.32 Å². The van der Waals surface area contributed by atoms with Gasteiger partial charge in [0.2, 0.25) is 0 Å². The van der Waals surface area contributed by atoms with Gasteiger partial charge in [0.15, 0.2) is 0 Å². The van der Waals surface area contributed by atoms with Crippen molar-refractivity contribution in [1.29, 1.82) is 0 Å². The summed E-state index contributed by atoms with van der Waals surface area (Å²) in [5, 5.41) is 4.88. The normalized spacial score (nSPS) is 29.1. The summed E-state index contributed by atoms with van der Waals surface area (Å²) in [5.41, 5.74) is 0. The summed E-state index contributed by atoms with van der Waals surface area (Å²) in [4.78, 5) is 0. The molecule has 1 fully saturated rings. The molecule has 0 amide bonds. The Morgan fingerprint density at radius 2 is 2.00 bits per heavy atom. The molecule has 1 saturated heterocycles. The molecular weight excluding hydrogens is 253 g/mol. The zero-order chi connectivity index (χ0) is 12.1. The zero-order valence-electron chi connectivity index (χ0n) is 10.2. The van der Waals surface area contributed by atoms with E-state index in [9.17, 15) is 0 Å². The van der Waals surface area contributed by atoms with Crippen LogP contribution in [0, 0.1) is 11.8 Å². The van der Waals surface area contributed by atoms with Gasteiger partial charge < -0.3 is 5.32 Å². The fourth-order valence-corrected chi connectivity index (χ4v) is 3.12. The van der Waals surface area contributed by atoms with E-state index in [1.165, 1.54) is 45.2 Å². The summed E-state index contributed by atoms with van der Waals surface area (Å²) < 4.78 is 0. The fraction of sp³-hybridized carbons (Fsp3) is 0.714. The molecule has 1 heterocycles. The monoisotopic (exact) mass is 273 g/mol. The maximum atomic E-state index is 6.03. The van der Waals surface area contributed by atoms with Gasteiger partial charge in [-0.05, 0) is 50.6 Å². The number of hydrogen-bond donors (Lipinski definition) is 1. The van der Waals surface area contributed by atoms with E-state index < -0.39 is 0 Å². The Morgan fingerprint density at radius 3 is 2.71 bits per heavy atom. The minimum Gasteiger partial charge on any atom is -0.316 e. The number of allylic oxidation sites excluding steroid dienone is 4. The quantitative estimate of drug-likeness (QED) is 0.732. The summed E-state index contributed by atoms with van der Waals surface area (Å²) in [7, 11) is 0. The molecule has 0 aromatic rings. The molecule has 1 aliphatic carbocycles. The summed E-state index contributed by atoms with van der Waals surface area (Å²) >= 11 is 12.0. The Balaban J connectivity index is 1.59. The van der Waals surface area contributed by atoms with E-state index in [0.29, 0.717) is 5.92 Å². The van der Waals surface area contributed by atoms with Crippen molar-refractivity contribution in [2.45, 2.75) is 38.5 Å². The SMILES string of the molecule is ClC1=CCC(CCCC[C@@H]2CCNC2)C=C1Cl. The molecule has 0 spiro atoms. The third-order valence-electron chi connectivity index (χ3n) is 3.81. The van der Waals surface area contributed by atoms with E-state index in [2.05, 4.69) is 17.5 Å². The van der Waals surface area contributed by atoms with E-state index in [4.69, 9.17) is 23.2 Å². The average molecular weight is 274 g/mol. The molecule has 2 rings (SSSR count). The lowest BCUT2D eigenvalue weighted by atomic mass is 9.92. The summed E-state index contributed by atoms with van der Waals surface area (Å²) in [5.74, 6) is 1.53. The van der Waals surface area contributed by atoms with Crippen LogP contribution in [0.1, 0.15) is 38.5 Å². The summed E-state index contributed by atoms with van der Waals surface area (Å²) in [6.07, 6.45) is 11.9. The third kappa shape index (κ3) is 4.31. The van der Waals surface area contributed by atoms with Crippen LogP contribution >= 0.6 is 23.2 Å². The van der Waals surface area contributed by atoms with Crippen molar-refractivity contribution < 1.29 is 0 Å². The zero-order valence-corrected chi connectivity index (χ0v) is 11.7. The highest BCUT2D eigenvalue weighted by molar-refractivity contribution is 6.44. The van der Waals surface area contributed by atoms with Crippen molar-refractivity contribution in [2.75, 3.05) is 13.1 Å². The molecular formula is C14H21Cl2N. The van der Waals surface area contributed by atoms with Crippen molar-refractivity contribution >= 4 is 23.2 Å². The molecule has 2 atom stereocenters. The Labute approximate surface area is 114 Å². The molecule has 1 unspecified atom stereocenters. The molecule has 17 heavy (non-hydrogen) atoms.